The number of hydrogen-bond acceptors (Lipinski definition) is 5. The molecule has 6 nitrogen and oxygen atoms in total. The van der Waals surface area contributed by atoms with Gasteiger partial charge in [0.05, 0.1) is 5.69 Å². The van der Waals surface area contributed by atoms with Crippen molar-refractivity contribution in [3.63, 3.8) is 0 Å². The van der Waals surface area contributed by atoms with E-state index in [2.05, 4.69) is 34.7 Å². The predicted molar refractivity (Wildman–Crippen MR) is 127 cm³/mol. The lowest BCUT2D eigenvalue weighted by Gasteiger charge is -2.32. The van der Waals surface area contributed by atoms with Gasteiger partial charge in [-0.25, -0.2) is 0 Å². The Bertz CT molecular complexity index is 846. The average Bonchev–Trinajstić information content (AvgIpc) is 3.32. The Morgan fingerprint density at radius 1 is 1.03 bits per heavy atom. The van der Waals surface area contributed by atoms with E-state index < -0.39 is 0 Å². The molecule has 3 heterocycles. The maximum absolute atomic E-state index is 12.9. The zero-order valence-electron chi connectivity index (χ0n) is 19.4. The maximum atomic E-state index is 12.9. The molecule has 4 rings (SSSR count). The van der Waals surface area contributed by atoms with Crippen LogP contribution in [0.5, 0.6) is 5.75 Å². The smallest absolute Gasteiger partial charge is 0.253 e. The van der Waals surface area contributed by atoms with E-state index in [0.29, 0.717) is 6.04 Å². The van der Waals surface area contributed by atoms with Gasteiger partial charge in [0.1, 0.15) is 11.9 Å². The standard InChI is InChI=1S/C26H36N4O2/c1-3-29(4-2)23-12-18-30(20-23)26(31)21-8-10-24(11-9-21)32-25-13-16-28(17-14-25)19-22-7-5-6-15-27-22/h5-11,15,23,25H,3-4,12-14,16-20H2,1-2H3. The highest BCUT2D eigenvalue weighted by molar-refractivity contribution is 5.94. The van der Waals surface area contributed by atoms with Crippen LogP contribution in [0.3, 0.4) is 0 Å². The lowest BCUT2D eigenvalue weighted by molar-refractivity contribution is 0.0777. The van der Waals surface area contributed by atoms with Gasteiger partial charge < -0.3 is 9.64 Å². The van der Waals surface area contributed by atoms with E-state index in [0.717, 1.165) is 82.1 Å². The average molecular weight is 437 g/mol. The summed E-state index contributed by atoms with van der Waals surface area (Å²) in [4.78, 5) is 24.2. The van der Waals surface area contributed by atoms with Gasteiger partial charge in [-0.3, -0.25) is 19.6 Å². The van der Waals surface area contributed by atoms with Gasteiger partial charge in [-0.15, -0.1) is 0 Å². The van der Waals surface area contributed by atoms with Crippen molar-refractivity contribution in [2.24, 2.45) is 0 Å². The topological polar surface area (TPSA) is 48.9 Å². The van der Waals surface area contributed by atoms with Crippen LogP contribution >= 0.6 is 0 Å². The fraction of sp³-hybridized carbons (Fsp3) is 0.538. The highest BCUT2D eigenvalue weighted by Gasteiger charge is 2.29. The van der Waals surface area contributed by atoms with Crippen LogP contribution in [-0.2, 0) is 6.54 Å². The number of amides is 1. The second-order valence-electron chi connectivity index (χ2n) is 8.85. The minimum Gasteiger partial charge on any atom is -0.490 e. The first kappa shape index (κ1) is 22.7. The highest BCUT2D eigenvalue weighted by atomic mass is 16.5. The van der Waals surface area contributed by atoms with E-state index in [9.17, 15) is 4.79 Å². The van der Waals surface area contributed by atoms with E-state index >= 15 is 0 Å². The Morgan fingerprint density at radius 3 is 2.44 bits per heavy atom. The lowest BCUT2D eigenvalue weighted by atomic mass is 10.1. The number of nitrogens with zero attached hydrogens (tertiary/aromatic N) is 4. The maximum Gasteiger partial charge on any atom is 0.253 e. The SMILES string of the molecule is CCN(CC)C1CCN(C(=O)c2ccc(OC3CCN(Cc4ccccn4)CC3)cc2)C1. The van der Waals surface area contributed by atoms with Crippen molar-refractivity contribution in [2.45, 2.75) is 51.8 Å². The van der Waals surface area contributed by atoms with Crippen LogP contribution in [0.15, 0.2) is 48.7 Å². The van der Waals surface area contributed by atoms with Crippen LogP contribution in [0.1, 0.15) is 49.2 Å². The number of aromatic nitrogens is 1. The Balaban J connectivity index is 1.24. The van der Waals surface area contributed by atoms with Gasteiger partial charge in [-0.2, -0.15) is 0 Å². The normalized spacial score (nSPS) is 20.1. The molecule has 2 aliphatic rings. The minimum atomic E-state index is 0.133. The van der Waals surface area contributed by atoms with Crippen LogP contribution in [0.2, 0.25) is 0 Å². The van der Waals surface area contributed by atoms with E-state index in [1.54, 1.807) is 0 Å². The molecule has 0 radical (unpaired) electrons. The fourth-order valence-corrected chi connectivity index (χ4v) is 4.92. The first-order valence-electron chi connectivity index (χ1n) is 12.1. The molecule has 2 fully saturated rings. The van der Waals surface area contributed by atoms with E-state index in [4.69, 9.17) is 4.74 Å². The summed E-state index contributed by atoms with van der Waals surface area (Å²) < 4.78 is 6.22. The largest absolute Gasteiger partial charge is 0.490 e. The molecule has 2 aliphatic heterocycles. The number of pyridine rings is 1. The molecule has 0 saturated carbocycles. The van der Waals surface area contributed by atoms with E-state index in [1.165, 1.54) is 0 Å². The Hall–Kier alpha value is -2.44. The Labute approximate surface area is 192 Å². The van der Waals surface area contributed by atoms with Crippen LogP contribution in [0, 0.1) is 0 Å². The molecule has 2 saturated heterocycles. The molecule has 0 aliphatic carbocycles. The van der Waals surface area contributed by atoms with Gasteiger partial charge >= 0.3 is 0 Å². The summed E-state index contributed by atoms with van der Waals surface area (Å²) in [6.45, 7) is 11.1. The van der Waals surface area contributed by atoms with Gasteiger partial charge in [0.2, 0.25) is 0 Å². The third-order valence-corrected chi connectivity index (χ3v) is 6.83. The third kappa shape index (κ3) is 5.67. The minimum absolute atomic E-state index is 0.133. The van der Waals surface area contributed by atoms with Crippen molar-refractivity contribution in [2.75, 3.05) is 39.3 Å². The zero-order valence-corrected chi connectivity index (χ0v) is 19.4. The number of benzene rings is 1. The number of likely N-dealkylation sites (tertiary alicyclic amines) is 2. The fourth-order valence-electron chi connectivity index (χ4n) is 4.92. The van der Waals surface area contributed by atoms with Gasteiger partial charge in [0.15, 0.2) is 0 Å². The molecule has 32 heavy (non-hydrogen) atoms. The first-order chi connectivity index (χ1) is 15.7. The highest BCUT2D eigenvalue weighted by Crippen LogP contribution is 2.22. The molecule has 1 aromatic carbocycles. The van der Waals surface area contributed by atoms with Crippen LogP contribution in [0.25, 0.3) is 0 Å². The third-order valence-electron chi connectivity index (χ3n) is 6.83. The summed E-state index contributed by atoms with van der Waals surface area (Å²) in [6, 6.07) is 14.3. The summed E-state index contributed by atoms with van der Waals surface area (Å²) in [5.41, 5.74) is 1.87. The second-order valence-corrected chi connectivity index (χ2v) is 8.85. The first-order valence-corrected chi connectivity index (χ1v) is 12.1. The van der Waals surface area contributed by atoms with Gasteiger partial charge in [-0.1, -0.05) is 19.9 Å². The van der Waals surface area contributed by atoms with E-state index in [1.807, 2.05) is 47.5 Å². The van der Waals surface area contributed by atoms with Gasteiger partial charge in [0.25, 0.3) is 5.91 Å². The summed E-state index contributed by atoms with van der Waals surface area (Å²) in [7, 11) is 0. The van der Waals surface area contributed by atoms with Crippen LogP contribution in [-0.4, -0.2) is 77.0 Å². The quantitative estimate of drug-likeness (QED) is 0.632. The van der Waals surface area contributed by atoms with Crippen molar-refractivity contribution in [3.8, 4) is 5.75 Å². The molecule has 172 valence electrons. The summed E-state index contributed by atoms with van der Waals surface area (Å²) in [5.74, 6) is 0.987. The molecule has 0 bridgehead atoms. The molecule has 1 atom stereocenters. The van der Waals surface area contributed by atoms with Crippen LogP contribution < -0.4 is 4.74 Å². The van der Waals surface area contributed by atoms with Crippen molar-refractivity contribution >= 4 is 5.91 Å². The van der Waals surface area contributed by atoms with Crippen molar-refractivity contribution in [1.82, 2.24) is 19.7 Å². The summed E-state index contributed by atoms with van der Waals surface area (Å²) >= 11 is 0. The number of rotatable bonds is 8. The monoisotopic (exact) mass is 436 g/mol. The molecular weight excluding hydrogens is 400 g/mol. The molecular formula is C26H36N4O2. The number of carbonyl (C=O) groups excluding carboxylic acids is 1. The molecule has 0 N–H and O–H groups in total. The molecule has 1 amide bonds. The molecule has 0 spiro atoms. The van der Waals surface area contributed by atoms with Crippen LogP contribution in [0.4, 0.5) is 0 Å². The van der Waals surface area contributed by atoms with Gasteiger partial charge in [-0.05, 0) is 68.8 Å². The van der Waals surface area contributed by atoms with Gasteiger partial charge in [0, 0.05) is 50.5 Å². The lowest BCUT2D eigenvalue weighted by Crippen LogP contribution is -2.38. The number of likely N-dealkylation sites (N-methyl/N-ethyl adjacent to an activating group) is 1. The predicted octanol–water partition coefficient (Wildman–Crippen LogP) is 3.68. The zero-order chi connectivity index (χ0) is 22.3. The molecule has 6 heteroatoms. The number of carbonyl (C=O) groups is 1. The van der Waals surface area contributed by atoms with E-state index in [-0.39, 0.29) is 12.0 Å². The number of ether oxygens (including phenoxy) is 1. The Kier molecular flexibility index (Phi) is 7.76. The van der Waals surface area contributed by atoms with Crippen molar-refractivity contribution < 1.29 is 9.53 Å². The summed E-state index contributed by atoms with van der Waals surface area (Å²) in [6.07, 6.45) is 5.16. The summed E-state index contributed by atoms with van der Waals surface area (Å²) in [5, 5.41) is 0. The Morgan fingerprint density at radius 2 is 1.78 bits per heavy atom. The molecule has 1 unspecified atom stereocenters. The van der Waals surface area contributed by atoms with Crippen molar-refractivity contribution in [3.05, 3.63) is 59.9 Å². The molecule has 1 aromatic heterocycles. The van der Waals surface area contributed by atoms with Crippen molar-refractivity contribution in [1.29, 1.82) is 0 Å². The molecule has 2 aromatic rings. The number of hydrogen-bond donors (Lipinski definition) is 0. The second kappa shape index (κ2) is 10.9. The number of piperidine rings is 1.